The Balaban J connectivity index is 1.30. The van der Waals surface area contributed by atoms with Crippen LogP contribution in [0.15, 0.2) is 64.5 Å². The maximum absolute atomic E-state index is 14.9. The Kier molecular flexibility index (Phi) is 8.41. The highest BCUT2D eigenvalue weighted by Gasteiger charge is 2.53. The van der Waals surface area contributed by atoms with Crippen LogP contribution in [0.5, 0.6) is 5.75 Å². The molecule has 2 heterocycles. The van der Waals surface area contributed by atoms with Gasteiger partial charge in [-0.3, -0.25) is 9.80 Å². The summed E-state index contributed by atoms with van der Waals surface area (Å²) in [6, 6.07) is 12.6. The number of anilines is 1. The van der Waals surface area contributed by atoms with Gasteiger partial charge in [0.25, 0.3) is 0 Å². The SMILES string of the molecule is CCS(=O)(=O)C1=CC=C(c2ccc(F)cc2N2C(=O)N=C(NC3CC3)C23CCN(Cc2cccc(OC(C)C)c2)CC3)CC1. The van der Waals surface area contributed by atoms with Gasteiger partial charge >= 0.3 is 6.03 Å². The molecule has 2 aliphatic carbocycles. The van der Waals surface area contributed by atoms with Crippen LogP contribution in [-0.4, -0.2) is 61.7 Å². The Hall–Kier alpha value is -3.50. The molecule has 2 amide bonds. The summed E-state index contributed by atoms with van der Waals surface area (Å²) in [6.45, 7) is 7.90. The highest BCUT2D eigenvalue weighted by atomic mass is 32.2. The van der Waals surface area contributed by atoms with Crippen molar-refractivity contribution in [3.05, 3.63) is 76.5 Å². The third-order valence-corrected chi connectivity index (χ3v) is 10.9. The number of halogens is 1. The van der Waals surface area contributed by atoms with E-state index in [1.165, 1.54) is 12.1 Å². The largest absolute Gasteiger partial charge is 0.491 e. The van der Waals surface area contributed by atoms with E-state index in [9.17, 15) is 17.6 Å². The Morgan fingerprint density at radius 3 is 2.52 bits per heavy atom. The minimum Gasteiger partial charge on any atom is -0.491 e. The minimum absolute atomic E-state index is 0.0525. The van der Waals surface area contributed by atoms with E-state index < -0.39 is 27.2 Å². The van der Waals surface area contributed by atoms with E-state index in [-0.39, 0.29) is 11.9 Å². The van der Waals surface area contributed by atoms with Gasteiger partial charge in [-0.1, -0.05) is 25.1 Å². The second-order valence-corrected chi connectivity index (χ2v) is 14.8. The van der Waals surface area contributed by atoms with E-state index in [0.29, 0.717) is 48.2 Å². The van der Waals surface area contributed by atoms with Crippen LogP contribution in [0.25, 0.3) is 5.57 Å². The van der Waals surface area contributed by atoms with Crippen LogP contribution in [0.2, 0.25) is 0 Å². The first-order valence-electron chi connectivity index (χ1n) is 15.7. The quantitative estimate of drug-likeness (QED) is 0.357. The first-order chi connectivity index (χ1) is 21.1. The van der Waals surface area contributed by atoms with E-state index in [4.69, 9.17) is 4.74 Å². The summed E-state index contributed by atoms with van der Waals surface area (Å²) < 4.78 is 45.7. The molecule has 1 saturated carbocycles. The number of carbonyl (C=O) groups is 1. The Bertz CT molecular complexity index is 1640. The Morgan fingerprint density at radius 1 is 1.09 bits per heavy atom. The van der Waals surface area contributed by atoms with Crippen molar-refractivity contribution in [2.24, 2.45) is 4.99 Å². The van der Waals surface area contributed by atoms with Crippen LogP contribution in [0.1, 0.15) is 70.4 Å². The first-order valence-corrected chi connectivity index (χ1v) is 17.3. The fourth-order valence-corrected chi connectivity index (χ4v) is 7.56. The number of hydrogen-bond acceptors (Lipinski definition) is 6. The predicted molar refractivity (Wildman–Crippen MR) is 172 cm³/mol. The number of amides is 2. The molecule has 0 atom stereocenters. The number of nitrogens with one attached hydrogen (secondary N) is 1. The number of likely N-dealkylation sites (tertiary alicyclic amines) is 1. The highest BCUT2D eigenvalue weighted by Crippen LogP contribution is 2.44. The number of aliphatic imine (C=N–C) groups is 1. The van der Waals surface area contributed by atoms with E-state index in [0.717, 1.165) is 54.9 Å². The monoisotopic (exact) mass is 620 g/mol. The predicted octanol–water partition coefficient (Wildman–Crippen LogP) is 6.23. The number of amidine groups is 1. The molecule has 0 unspecified atom stereocenters. The lowest BCUT2D eigenvalue weighted by Gasteiger charge is -2.45. The fraction of sp³-hybridized carbons (Fsp3) is 0.471. The lowest BCUT2D eigenvalue weighted by atomic mass is 9.83. The van der Waals surface area contributed by atoms with Crippen molar-refractivity contribution in [2.45, 2.75) is 83.5 Å². The molecule has 1 saturated heterocycles. The number of allylic oxidation sites excluding steroid dienone is 4. The number of carbonyl (C=O) groups excluding carboxylic acids is 1. The molecular weight excluding hydrogens is 579 g/mol. The van der Waals surface area contributed by atoms with Gasteiger partial charge in [-0.25, -0.2) is 17.6 Å². The van der Waals surface area contributed by atoms with Gasteiger partial charge in [0.15, 0.2) is 9.84 Å². The van der Waals surface area contributed by atoms with Gasteiger partial charge in [0.2, 0.25) is 0 Å². The maximum Gasteiger partial charge on any atom is 0.350 e. The molecule has 234 valence electrons. The molecule has 0 aromatic heterocycles. The van der Waals surface area contributed by atoms with E-state index >= 15 is 0 Å². The smallest absolute Gasteiger partial charge is 0.350 e. The zero-order valence-corrected chi connectivity index (χ0v) is 26.5. The van der Waals surface area contributed by atoms with Gasteiger partial charge in [0.05, 0.1) is 17.5 Å². The number of ether oxygens (including phenoxy) is 1. The molecule has 0 radical (unpaired) electrons. The molecule has 1 N–H and O–H groups in total. The standard InChI is InChI=1S/C34H41FN4O4S/c1-4-44(41,42)29-13-8-25(9-14-29)30-15-10-26(35)21-31(30)39-33(40)37-32(36-27-11-12-27)34(39)16-18-38(19-17-34)22-24-6-5-7-28(20-24)43-23(2)3/h5-8,10,13,15,20-21,23,27H,4,9,11-12,14,16-19,22H2,1-3H3,(H,36,37,40). The molecule has 6 rings (SSSR count). The molecule has 1 spiro atoms. The van der Waals surface area contributed by atoms with E-state index in [2.05, 4.69) is 27.3 Å². The van der Waals surface area contributed by atoms with Gasteiger partial charge in [-0.2, -0.15) is 4.99 Å². The van der Waals surface area contributed by atoms with Gasteiger partial charge in [0, 0.05) is 36.1 Å². The zero-order chi connectivity index (χ0) is 31.1. The van der Waals surface area contributed by atoms with Crippen molar-refractivity contribution >= 4 is 33.0 Å². The number of nitrogens with zero attached hydrogens (tertiary/aromatic N) is 3. The third kappa shape index (κ3) is 6.19. The van der Waals surface area contributed by atoms with Gasteiger partial charge in [-0.15, -0.1) is 0 Å². The maximum atomic E-state index is 14.9. The number of hydrogen-bond donors (Lipinski definition) is 1. The molecule has 8 nitrogen and oxygen atoms in total. The number of urea groups is 1. The summed E-state index contributed by atoms with van der Waals surface area (Å²) in [6.07, 6.45) is 7.79. The van der Waals surface area contributed by atoms with E-state index in [1.54, 1.807) is 30.0 Å². The van der Waals surface area contributed by atoms with Crippen molar-refractivity contribution in [2.75, 3.05) is 23.7 Å². The normalized spacial score (nSPS) is 20.5. The summed E-state index contributed by atoms with van der Waals surface area (Å²) in [5.74, 6) is 1.15. The number of sulfone groups is 1. The van der Waals surface area contributed by atoms with Crippen molar-refractivity contribution in [1.82, 2.24) is 10.2 Å². The van der Waals surface area contributed by atoms with Crippen LogP contribution in [0, 0.1) is 5.82 Å². The molecule has 2 fully saturated rings. The molecule has 10 heteroatoms. The lowest BCUT2D eigenvalue weighted by molar-refractivity contribution is 0.181. The second-order valence-electron chi connectivity index (χ2n) is 12.5. The van der Waals surface area contributed by atoms with Crippen LogP contribution >= 0.6 is 0 Å². The summed E-state index contributed by atoms with van der Waals surface area (Å²) in [4.78, 5) is 22.8. The lowest BCUT2D eigenvalue weighted by Crippen LogP contribution is -2.61. The zero-order valence-electron chi connectivity index (χ0n) is 25.7. The van der Waals surface area contributed by atoms with Gasteiger partial charge < -0.3 is 10.1 Å². The summed E-state index contributed by atoms with van der Waals surface area (Å²) in [7, 11) is -3.29. The first kappa shape index (κ1) is 30.5. The topological polar surface area (TPSA) is 91.3 Å². The Morgan fingerprint density at radius 2 is 1.86 bits per heavy atom. The summed E-state index contributed by atoms with van der Waals surface area (Å²) in [5.41, 5.74) is 2.54. The number of benzene rings is 2. The average molecular weight is 621 g/mol. The Labute approximate surface area is 259 Å². The van der Waals surface area contributed by atoms with E-state index in [1.807, 2.05) is 26.0 Å². The van der Waals surface area contributed by atoms with Crippen LogP contribution in [0.3, 0.4) is 0 Å². The minimum atomic E-state index is -3.29. The average Bonchev–Trinajstić information content (AvgIpc) is 3.78. The number of piperidine rings is 1. The molecule has 44 heavy (non-hydrogen) atoms. The third-order valence-electron chi connectivity index (χ3n) is 8.98. The molecule has 2 aromatic rings. The molecule has 4 aliphatic rings. The van der Waals surface area contributed by atoms with Crippen molar-refractivity contribution in [1.29, 1.82) is 0 Å². The second kappa shape index (κ2) is 12.1. The molecular formula is C34H41FN4O4S. The molecule has 2 aliphatic heterocycles. The number of rotatable bonds is 9. The van der Waals surface area contributed by atoms with Crippen LogP contribution in [-0.2, 0) is 16.4 Å². The molecule has 2 aromatic carbocycles. The molecule has 0 bridgehead atoms. The summed E-state index contributed by atoms with van der Waals surface area (Å²) >= 11 is 0. The van der Waals surface area contributed by atoms with Crippen molar-refractivity contribution in [3.63, 3.8) is 0 Å². The fourth-order valence-electron chi connectivity index (χ4n) is 6.50. The highest BCUT2D eigenvalue weighted by molar-refractivity contribution is 7.95. The van der Waals surface area contributed by atoms with Gasteiger partial charge in [-0.05, 0) is 99.9 Å². The van der Waals surface area contributed by atoms with Crippen molar-refractivity contribution < 1.29 is 22.3 Å². The van der Waals surface area contributed by atoms with Crippen LogP contribution in [0.4, 0.5) is 14.9 Å². The van der Waals surface area contributed by atoms with Crippen LogP contribution < -0.4 is 15.0 Å². The van der Waals surface area contributed by atoms with Gasteiger partial charge in [0.1, 0.15) is 22.9 Å². The van der Waals surface area contributed by atoms with Crippen molar-refractivity contribution in [3.8, 4) is 5.75 Å². The summed E-state index contributed by atoms with van der Waals surface area (Å²) in [5, 5.41) is 3.54.